The zero-order valence-corrected chi connectivity index (χ0v) is 22.5. The topological polar surface area (TPSA) is 86.8 Å². The number of pyridine rings is 1. The largest absolute Gasteiger partial charge is 0.457 e. The number of carbonyl (C=O) groups excluding carboxylic acids is 2. The number of para-hydroxylation sites is 1. The van der Waals surface area contributed by atoms with Crippen LogP contribution in [-0.2, 0) is 4.79 Å². The van der Waals surface area contributed by atoms with Crippen molar-refractivity contribution in [1.82, 2.24) is 20.5 Å². The monoisotopic (exact) mass is 529 g/mol. The zero-order chi connectivity index (χ0) is 26.4. The second-order valence-electron chi connectivity index (χ2n) is 10.3. The Kier molecular flexibility index (Phi) is 6.49. The summed E-state index contributed by atoms with van der Waals surface area (Å²) in [4.78, 5) is 35.4. The number of ether oxygens (including phenoxy) is 1. The maximum absolute atomic E-state index is 13.5. The summed E-state index contributed by atoms with van der Waals surface area (Å²) in [5.41, 5.74) is 4.37. The molecule has 0 bridgehead atoms. The van der Waals surface area contributed by atoms with Crippen LogP contribution in [0, 0.1) is 13.8 Å². The fourth-order valence-corrected chi connectivity index (χ4v) is 6.81. The molecule has 6 rings (SSSR count). The van der Waals surface area contributed by atoms with Crippen molar-refractivity contribution in [2.45, 2.75) is 49.0 Å². The first kappa shape index (κ1) is 24.8. The molecule has 0 radical (unpaired) electrons. The van der Waals surface area contributed by atoms with Gasteiger partial charge in [-0.3, -0.25) is 9.69 Å². The van der Waals surface area contributed by atoms with Gasteiger partial charge in [0.1, 0.15) is 21.8 Å². The third-order valence-corrected chi connectivity index (χ3v) is 8.75. The van der Waals surface area contributed by atoms with Crippen molar-refractivity contribution < 1.29 is 14.3 Å². The number of aryl methyl sites for hydroxylation is 2. The number of hydrogen-bond acceptors (Lipinski definition) is 6. The molecule has 196 valence electrons. The van der Waals surface area contributed by atoms with Gasteiger partial charge < -0.3 is 20.3 Å². The summed E-state index contributed by atoms with van der Waals surface area (Å²) in [7, 11) is 2.08. The average Bonchev–Trinajstić information content (AvgIpc) is 3.26. The van der Waals surface area contributed by atoms with E-state index in [1.54, 1.807) is 11.1 Å². The minimum Gasteiger partial charge on any atom is -0.457 e. The van der Waals surface area contributed by atoms with Crippen LogP contribution in [0.25, 0.3) is 0 Å². The van der Waals surface area contributed by atoms with Gasteiger partial charge in [-0.05, 0) is 81.7 Å². The summed E-state index contributed by atoms with van der Waals surface area (Å²) in [5.74, 6) is 1.45. The van der Waals surface area contributed by atoms with Crippen molar-refractivity contribution in [1.29, 1.82) is 0 Å². The summed E-state index contributed by atoms with van der Waals surface area (Å²) in [5, 5.41) is 6.67. The van der Waals surface area contributed by atoms with Crippen molar-refractivity contribution in [3.63, 3.8) is 0 Å². The Balaban J connectivity index is 1.26. The number of likely N-dealkylation sites (N-methyl/N-ethyl adjacent to an activating group) is 1. The highest BCUT2D eigenvalue weighted by molar-refractivity contribution is 8.01. The van der Waals surface area contributed by atoms with Gasteiger partial charge in [-0.25, -0.2) is 9.78 Å². The number of benzene rings is 2. The number of carbonyl (C=O) groups is 2. The quantitative estimate of drug-likeness (QED) is 0.480. The third kappa shape index (κ3) is 4.50. The highest BCUT2D eigenvalue weighted by Gasteiger charge is 2.47. The standard InChI is InChI=1S/C29H31N5O3S/c1-17-7-4-5-9-23(17)37-20-10-11-21(18(2)15-20)34-22-12-13-30-28-24(22)25(32-29(34)36)26(38-28)27(35)31-19-8-6-14-33(3)16-19/h4-5,7,9-13,15,19,25-26H,6,8,14,16H2,1-3H3,(H,31,35)(H,32,36)/t19?,25?,26-/m1/s1. The first-order valence-electron chi connectivity index (χ1n) is 13.0. The normalized spacial score (nSPS) is 22.6. The second-order valence-corrected chi connectivity index (χ2v) is 11.4. The predicted octanol–water partition coefficient (Wildman–Crippen LogP) is 5.08. The van der Waals surface area contributed by atoms with Gasteiger partial charge in [-0.15, -0.1) is 0 Å². The van der Waals surface area contributed by atoms with Gasteiger partial charge in [0, 0.05) is 24.3 Å². The molecule has 3 amide bonds. The number of rotatable bonds is 5. The first-order chi connectivity index (χ1) is 18.4. The number of nitrogens with zero attached hydrogens (tertiary/aromatic N) is 3. The molecular formula is C29H31N5O3S. The molecular weight excluding hydrogens is 498 g/mol. The van der Waals surface area contributed by atoms with Crippen molar-refractivity contribution in [2.75, 3.05) is 25.0 Å². The Morgan fingerprint density at radius 1 is 1.13 bits per heavy atom. The first-order valence-corrected chi connectivity index (χ1v) is 13.9. The number of likely N-dealkylation sites (tertiary alicyclic amines) is 1. The molecule has 1 fully saturated rings. The van der Waals surface area contributed by atoms with E-state index in [1.807, 2.05) is 62.4 Å². The number of thioether (sulfide) groups is 1. The van der Waals surface area contributed by atoms with E-state index < -0.39 is 11.3 Å². The van der Waals surface area contributed by atoms with Crippen LogP contribution in [0.4, 0.5) is 16.2 Å². The van der Waals surface area contributed by atoms with Crippen LogP contribution in [0.5, 0.6) is 11.5 Å². The summed E-state index contributed by atoms with van der Waals surface area (Å²) in [6.07, 6.45) is 3.75. The fourth-order valence-electron chi connectivity index (χ4n) is 5.57. The smallest absolute Gasteiger partial charge is 0.327 e. The van der Waals surface area contributed by atoms with Gasteiger partial charge in [0.2, 0.25) is 5.91 Å². The van der Waals surface area contributed by atoms with Crippen LogP contribution in [0.1, 0.15) is 35.6 Å². The Morgan fingerprint density at radius 3 is 2.76 bits per heavy atom. The molecule has 2 unspecified atom stereocenters. The summed E-state index contributed by atoms with van der Waals surface area (Å²) < 4.78 is 6.10. The van der Waals surface area contributed by atoms with Crippen molar-refractivity contribution >= 4 is 35.1 Å². The van der Waals surface area contributed by atoms with Gasteiger partial charge in [0.25, 0.3) is 0 Å². The number of urea groups is 1. The molecule has 1 aromatic heterocycles. The molecule has 3 atom stereocenters. The molecule has 4 heterocycles. The second kappa shape index (κ2) is 9.96. The van der Waals surface area contributed by atoms with Gasteiger partial charge in [-0.1, -0.05) is 30.0 Å². The molecule has 9 heteroatoms. The Hall–Kier alpha value is -3.56. The number of amides is 3. The summed E-state index contributed by atoms with van der Waals surface area (Å²) in [6, 6.07) is 14.9. The lowest BCUT2D eigenvalue weighted by molar-refractivity contribution is -0.122. The lowest BCUT2D eigenvalue weighted by Crippen LogP contribution is -2.52. The van der Waals surface area contributed by atoms with E-state index in [1.165, 1.54) is 11.8 Å². The number of anilines is 2. The molecule has 1 saturated heterocycles. The van der Waals surface area contributed by atoms with Crippen molar-refractivity contribution in [3.05, 3.63) is 71.4 Å². The molecule has 0 saturated carbocycles. The molecule has 3 aliphatic heterocycles. The number of hydrogen-bond donors (Lipinski definition) is 2. The molecule has 38 heavy (non-hydrogen) atoms. The van der Waals surface area contributed by atoms with Gasteiger partial charge >= 0.3 is 6.03 Å². The maximum Gasteiger partial charge on any atom is 0.327 e. The van der Waals surface area contributed by atoms with E-state index >= 15 is 0 Å². The van der Waals surface area contributed by atoms with Gasteiger partial charge in [-0.2, -0.15) is 0 Å². The van der Waals surface area contributed by atoms with Crippen molar-refractivity contribution in [3.8, 4) is 11.5 Å². The van der Waals surface area contributed by atoms with Crippen LogP contribution in [0.2, 0.25) is 0 Å². The van der Waals surface area contributed by atoms with Crippen LogP contribution < -0.4 is 20.3 Å². The number of piperidine rings is 1. The molecule has 0 aliphatic carbocycles. The van der Waals surface area contributed by atoms with E-state index in [0.29, 0.717) is 5.75 Å². The van der Waals surface area contributed by atoms with Gasteiger partial charge in [0.15, 0.2) is 0 Å². The van der Waals surface area contributed by atoms with E-state index in [-0.39, 0.29) is 18.0 Å². The Morgan fingerprint density at radius 2 is 1.97 bits per heavy atom. The van der Waals surface area contributed by atoms with Crippen LogP contribution in [0.3, 0.4) is 0 Å². The Bertz CT molecular complexity index is 1410. The molecule has 8 nitrogen and oxygen atoms in total. The lowest BCUT2D eigenvalue weighted by Gasteiger charge is -2.35. The van der Waals surface area contributed by atoms with E-state index in [9.17, 15) is 9.59 Å². The molecule has 0 spiro atoms. The molecule has 2 aromatic carbocycles. The summed E-state index contributed by atoms with van der Waals surface area (Å²) in [6.45, 7) is 5.87. The fraction of sp³-hybridized carbons (Fsp3) is 0.345. The highest BCUT2D eigenvalue weighted by atomic mass is 32.2. The van der Waals surface area contributed by atoms with Gasteiger partial charge in [0.05, 0.1) is 17.4 Å². The SMILES string of the molecule is Cc1ccccc1Oc1ccc(N2C(=O)NC3c4c2ccnc4S[C@H]3C(=O)NC2CCCN(C)C2)c(C)c1. The zero-order valence-electron chi connectivity index (χ0n) is 21.7. The number of aromatic nitrogens is 1. The highest BCUT2D eigenvalue weighted by Crippen LogP contribution is 2.51. The number of nitrogens with one attached hydrogen (secondary N) is 2. The van der Waals surface area contributed by atoms with E-state index in [2.05, 4.69) is 27.6 Å². The van der Waals surface area contributed by atoms with Crippen molar-refractivity contribution in [2.24, 2.45) is 0 Å². The molecule has 2 N–H and O–H groups in total. The van der Waals surface area contributed by atoms with E-state index in [4.69, 9.17) is 4.74 Å². The minimum absolute atomic E-state index is 0.0492. The summed E-state index contributed by atoms with van der Waals surface area (Å²) >= 11 is 1.43. The molecule has 3 aliphatic rings. The van der Waals surface area contributed by atoms with Crippen LogP contribution in [-0.4, -0.2) is 53.3 Å². The Labute approximate surface area is 226 Å². The maximum atomic E-state index is 13.5. The lowest BCUT2D eigenvalue weighted by atomic mass is 9.98. The predicted molar refractivity (Wildman–Crippen MR) is 148 cm³/mol. The minimum atomic E-state index is -0.456. The van der Waals surface area contributed by atoms with Crippen LogP contribution in [0.15, 0.2) is 59.8 Å². The average molecular weight is 530 g/mol. The van der Waals surface area contributed by atoms with Crippen LogP contribution >= 0.6 is 11.8 Å². The molecule has 3 aromatic rings. The third-order valence-electron chi connectivity index (χ3n) is 7.47. The van der Waals surface area contributed by atoms with E-state index in [0.717, 1.165) is 64.8 Å².